The van der Waals surface area contributed by atoms with E-state index in [9.17, 15) is 0 Å². The molecule has 2 atom stereocenters. The van der Waals surface area contributed by atoms with Crippen molar-refractivity contribution in [2.75, 3.05) is 7.11 Å². The van der Waals surface area contributed by atoms with Crippen LogP contribution in [0, 0.1) is 0 Å². The summed E-state index contributed by atoms with van der Waals surface area (Å²) in [5, 5.41) is 0. The number of ether oxygens (including phenoxy) is 1. The second-order valence-corrected chi connectivity index (χ2v) is 5.32. The molecule has 0 amide bonds. The Morgan fingerprint density at radius 1 is 1.21 bits per heavy atom. The van der Waals surface area contributed by atoms with Gasteiger partial charge in [0.2, 0.25) is 0 Å². The largest absolute Gasteiger partial charge is 0.375 e. The molecule has 100 valence electrons. The van der Waals surface area contributed by atoms with Gasteiger partial charge in [-0.05, 0) is 33.6 Å². The maximum Gasteiger partial charge on any atom is 0.0975 e. The molecular formula is C15H17BrN2O. The molecule has 2 aromatic rings. The average Bonchev–Trinajstić information content (AvgIpc) is 2.43. The van der Waals surface area contributed by atoms with E-state index in [0.717, 1.165) is 15.7 Å². The van der Waals surface area contributed by atoms with Gasteiger partial charge in [-0.2, -0.15) is 0 Å². The predicted molar refractivity (Wildman–Crippen MR) is 79.8 cm³/mol. The van der Waals surface area contributed by atoms with Crippen LogP contribution >= 0.6 is 15.9 Å². The molecule has 19 heavy (non-hydrogen) atoms. The van der Waals surface area contributed by atoms with Crippen molar-refractivity contribution >= 4 is 15.9 Å². The van der Waals surface area contributed by atoms with E-state index in [0.29, 0.717) is 6.42 Å². The molecule has 0 aliphatic heterocycles. The van der Waals surface area contributed by atoms with E-state index >= 15 is 0 Å². The van der Waals surface area contributed by atoms with Gasteiger partial charge in [0.1, 0.15) is 0 Å². The molecule has 4 heteroatoms. The van der Waals surface area contributed by atoms with Crippen LogP contribution in [0.4, 0.5) is 0 Å². The summed E-state index contributed by atoms with van der Waals surface area (Å²) < 4.78 is 6.50. The van der Waals surface area contributed by atoms with Gasteiger partial charge in [0.05, 0.1) is 6.10 Å². The third-order valence-electron chi connectivity index (χ3n) is 3.00. The lowest BCUT2D eigenvalue weighted by molar-refractivity contribution is 0.0800. The number of rotatable bonds is 5. The quantitative estimate of drug-likeness (QED) is 0.920. The highest BCUT2D eigenvalue weighted by Gasteiger charge is 2.19. The van der Waals surface area contributed by atoms with Crippen molar-refractivity contribution < 1.29 is 4.74 Å². The molecular weight excluding hydrogens is 304 g/mol. The van der Waals surface area contributed by atoms with Gasteiger partial charge in [-0.3, -0.25) is 4.98 Å². The van der Waals surface area contributed by atoms with Gasteiger partial charge < -0.3 is 10.5 Å². The second-order valence-electron chi connectivity index (χ2n) is 4.40. The fraction of sp³-hybridized carbons (Fsp3) is 0.267. The van der Waals surface area contributed by atoms with Gasteiger partial charge in [0.15, 0.2) is 0 Å². The van der Waals surface area contributed by atoms with Gasteiger partial charge in [0.25, 0.3) is 0 Å². The summed E-state index contributed by atoms with van der Waals surface area (Å²) in [7, 11) is 1.69. The Labute approximate surface area is 121 Å². The van der Waals surface area contributed by atoms with Crippen molar-refractivity contribution in [2.45, 2.75) is 18.6 Å². The summed E-state index contributed by atoms with van der Waals surface area (Å²) in [6.07, 6.45) is 2.35. The molecule has 1 heterocycles. The Balaban J connectivity index is 2.09. The van der Waals surface area contributed by atoms with Gasteiger partial charge in [-0.15, -0.1) is 0 Å². The zero-order valence-corrected chi connectivity index (χ0v) is 12.4. The average molecular weight is 321 g/mol. The normalized spacial score (nSPS) is 14.1. The predicted octanol–water partition coefficient (Wildman–Crippen LogP) is 3.10. The van der Waals surface area contributed by atoms with Crippen LogP contribution in [-0.2, 0) is 11.2 Å². The molecule has 0 aliphatic carbocycles. The molecule has 0 fully saturated rings. The van der Waals surface area contributed by atoms with Crippen molar-refractivity contribution in [3.05, 3.63) is 64.4 Å². The molecule has 2 unspecified atom stereocenters. The molecule has 0 aliphatic rings. The highest BCUT2D eigenvalue weighted by Crippen LogP contribution is 2.21. The summed E-state index contributed by atoms with van der Waals surface area (Å²) in [4.78, 5) is 4.35. The molecule has 0 radical (unpaired) electrons. The zero-order valence-electron chi connectivity index (χ0n) is 10.8. The summed E-state index contributed by atoms with van der Waals surface area (Å²) in [5.74, 6) is 0. The zero-order chi connectivity index (χ0) is 13.7. The van der Waals surface area contributed by atoms with Gasteiger partial charge in [-0.25, -0.2) is 0 Å². The van der Waals surface area contributed by atoms with E-state index in [4.69, 9.17) is 10.5 Å². The fourth-order valence-corrected chi connectivity index (χ4v) is 2.31. The van der Waals surface area contributed by atoms with E-state index in [1.807, 2.05) is 42.5 Å². The number of pyridine rings is 1. The lowest BCUT2D eigenvalue weighted by atomic mass is 9.99. The Kier molecular flexibility index (Phi) is 5.07. The number of hydrogen-bond donors (Lipinski definition) is 1. The van der Waals surface area contributed by atoms with E-state index in [-0.39, 0.29) is 12.1 Å². The highest BCUT2D eigenvalue weighted by molar-refractivity contribution is 9.10. The van der Waals surface area contributed by atoms with Crippen LogP contribution in [0.5, 0.6) is 0 Å². The first kappa shape index (κ1) is 14.2. The molecule has 1 aromatic carbocycles. The maximum absolute atomic E-state index is 6.25. The summed E-state index contributed by atoms with van der Waals surface area (Å²) in [5.41, 5.74) is 8.31. The number of hydrogen-bond acceptors (Lipinski definition) is 3. The minimum atomic E-state index is -0.124. The topological polar surface area (TPSA) is 48.1 Å². The standard InChI is InChI=1S/C15H17BrN2O/c1-19-15(11-5-3-2-4-6-11)14(17)9-13-8-7-12(16)10-18-13/h2-8,10,14-15H,9,17H2,1H3. The number of methoxy groups -OCH3 is 1. The van der Waals surface area contributed by atoms with Crippen LogP contribution in [0.1, 0.15) is 17.4 Å². The van der Waals surface area contributed by atoms with Crippen molar-refractivity contribution in [3.8, 4) is 0 Å². The van der Waals surface area contributed by atoms with Crippen molar-refractivity contribution in [1.29, 1.82) is 0 Å². The molecule has 0 saturated carbocycles. The Hall–Kier alpha value is -1.23. The first-order valence-electron chi connectivity index (χ1n) is 6.14. The van der Waals surface area contributed by atoms with Crippen LogP contribution < -0.4 is 5.73 Å². The lowest BCUT2D eigenvalue weighted by Gasteiger charge is -2.22. The minimum Gasteiger partial charge on any atom is -0.375 e. The molecule has 1 aromatic heterocycles. The number of aromatic nitrogens is 1. The minimum absolute atomic E-state index is 0.119. The Morgan fingerprint density at radius 2 is 1.95 bits per heavy atom. The van der Waals surface area contributed by atoms with Crippen LogP contribution in [0.25, 0.3) is 0 Å². The number of nitrogens with zero attached hydrogens (tertiary/aromatic N) is 1. The maximum atomic E-state index is 6.25. The molecule has 0 spiro atoms. The first-order chi connectivity index (χ1) is 9.20. The Bertz CT molecular complexity index is 501. The van der Waals surface area contributed by atoms with Crippen LogP contribution in [0.2, 0.25) is 0 Å². The van der Waals surface area contributed by atoms with Crippen LogP contribution in [0.15, 0.2) is 53.1 Å². The van der Waals surface area contributed by atoms with Crippen molar-refractivity contribution in [2.24, 2.45) is 5.73 Å². The van der Waals surface area contributed by atoms with E-state index in [2.05, 4.69) is 20.9 Å². The van der Waals surface area contributed by atoms with E-state index in [1.165, 1.54) is 0 Å². The molecule has 2 rings (SSSR count). The highest BCUT2D eigenvalue weighted by atomic mass is 79.9. The molecule has 3 nitrogen and oxygen atoms in total. The van der Waals surface area contributed by atoms with Crippen LogP contribution in [0.3, 0.4) is 0 Å². The van der Waals surface area contributed by atoms with Crippen LogP contribution in [-0.4, -0.2) is 18.1 Å². The third-order valence-corrected chi connectivity index (χ3v) is 3.47. The summed E-state index contributed by atoms with van der Waals surface area (Å²) >= 11 is 3.37. The van der Waals surface area contributed by atoms with Gasteiger partial charge in [0, 0.05) is 35.9 Å². The number of nitrogens with two attached hydrogens (primary N) is 1. The fourth-order valence-electron chi connectivity index (χ4n) is 2.08. The van der Waals surface area contributed by atoms with Gasteiger partial charge in [-0.1, -0.05) is 30.3 Å². The number of benzene rings is 1. The second kappa shape index (κ2) is 6.80. The monoisotopic (exact) mass is 320 g/mol. The molecule has 2 N–H and O–H groups in total. The summed E-state index contributed by atoms with van der Waals surface area (Å²) in [6.45, 7) is 0. The van der Waals surface area contributed by atoms with Crippen molar-refractivity contribution in [3.63, 3.8) is 0 Å². The number of halogens is 1. The first-order valence-corrected chi connectivity index (χ1v) is 6.93. The summed E-state index contributed by atoms with van der Waals surface area (Å²) in [6, 6.07) is 13.9. The lowest BCUT2D eigenvalue weighted by Crippen LogP contribution is -2.32. The smallest absolute Gasteiger partial charge is 0.0975 e. The third kappa shape index (κ3) is 3.86. The van der Waals surface area contributed by atoms with Gasteiger partial charge >= 0.3 is 0 Å². The SMILES string of the molecule is COC(c1ccccc1)C(N)Cc1ccc(Br)cn1. The van der Waals surface area contributed by atoms with Crippen molar-refractivity contribution in [1.82, 2.24) is 4.98 Å². The van der Waals surface area contributed by atoms with E-state index in [1.54, 1.807) is 13.3 Å². The molecule has 0 bridgehead atoms. The van der Waals surface area contributed by atoms with E-state index < -0.39 is 0 Å². The Morgan fingerprint density at radius 3 is 2.53 bits per heavy atom. The molecule has 0 saturated heterocycles.